The Morgan fingerprint density at radius 1 is 0.967 bits per heavy atom. The summed E-state index contributed by atoms with van der Waals surface area (Å²) in [5.74, 6) is -1.69. The molecule has 0 aliphatic carbocycles. The molecule has 8 heteroatoms. The Morgan fingerprint density at radius 2 is 1.47 bits per heavy atom. The summed E-state index contributed by atoms with van der Waals surface area (Å²) >= 11 is 0. The molecule has 0 spiro atoms. The van der Waals surface area contributed by atoms with Crippen LogP contribution in [0.1, 0.15) is 77.4 Å². The van der Waals surface area contributed by atoms with E-state index in [2.05, 4.69) is 0 Å². The molecule has 0 aromatic heterocycles. The molecular formula is C22H31NO7. The Labute approximate surface area is 177 Å². The van der Waals surface area contributed by atoms with Crippen LogP contribution in [0.15, 0.2) is 24.3 Å². The number of esters is 1. The van der Waals surface area contributed by atoms with Crippen LogP contribution >= 0.6 is 0 Å². The summed E-state index contributed by atoms with van der Waals surface area (Å²) in [5.41, 5.74) is -1.78. The molecule has 1 aliphatic rings. The monoisotopic (exact) mass is 421 g/mol. The minimum absolute atomic E-state index is 0.322. The maximum atomic E-state index is 12.9. The number of benzene rings is 1. The first kappa shape index (κ1) is 23.7. The molecule has 1 aromatic rings. The predicted molar refractivity (Wildman–Crippen MR) is 109 cm³/mol. The minimum atomic E-state index is -1.29. The van der Waals surface area contributed by atoms with Crippen LogP contribution in [0.3, 0.4) is 0 Å². The molecule has 0 radical (unpaired) electrons. The van der Waals surface area contributed by atoms with Crippen molar-refractivity contribution < 1.29 is 33.7 Å². The zero-order valence-electron chi connectivity index (χ0n) is 18.8. The highest BCUT2D eigenvalue weighted by Gasteiger charge is 2.54. The maximum Gasteiger partial charge on any atom is 0.413 e. The Hall–Kier alpha value is -2.61. The van der Waals surface area contributed by atoms with Gasteiger partial charge in [-0.2, -0.15) is 0 Å². The third-order valence-corrected chi connectivity index (χ3v) is 4.28. The topological polar surface area (TPSA) is 102 Å². The van der Waals surface area contributed by atoms with E-state index in [1.165, 1.54) is 4.90 Å². The average molecular weight is 421 g/mol. The number of carbonyl (C=O) groups is 3. The summed E-state index contributed by atoms with van der Waals surface area (Å²) in [7, 11) is 0. The van der Waals surface area contributed by atoms with Crippen molar-refractivity contribution >= 4 is 18.0 Å². The first-order chi connectivity index (χ1) is 13.5. The van der Waals surface area contributed by atoms with E-state index in [9.17, 15) is 19.5 Å². The SMILES string of the molecule is CC(C)(C)OC(=O)c1ccc([C@H]2[C@H](C(=O)O)OC(C)(C)N2C(=O)OC(C)(C)C)cc1. The van der Waals surface area contributed by atoms with Gasteiger partial charge in [0.05, 0.1) is 5.56 Å². The number of ether oxygens (including phenoxy) is 3. The van der Waals surface area contributed by atoms with Crippen LogP contribution in [0.5, 0.6) is 0 Å². The zero-order chi connectivity index (χ0) is 23.1. The van der Waals surface area contributed by atoms with Crippen LogP contribution in [0.2, 0.25) is 0 Å². The van der Waals surface area contributed by atoms with Gasteiger partial charge in [-0.1, -0.05) is 12.1 Å². The van der Waals surface area contributed by atoms with Crippen molar-refractivity contribution in [3.63, 3.8) is 0 Å². The van der Waals surface area contributed by atoms with E-state index in [1.807, 2.05) is 0 Å². The van der Waals surface area contributed by atoms with Crippen LogP contribution in [-0.2, 0) is 19.0 Å². The number of amides is 1. The molecule has 1 aliphatic heterocycles. The van der Waals surface area contributed by atoms with E-state index in [0.29, 0.717) is 11.1 Å². The lowest BCUT2D eigenvalue weighted by molar-refractivity contribution is -0.155. The van der Waals surface area contributed by atoms with Gasteiger partial charge in [-0.15, -0.1) is 0 Å². The van der Waals surface area contributed by atoms with Gasteiger partial charge in [0.15, 0.2) is 6.10 Å². The Balaban J connectivity index is 2.42. The lowest BCUT2D eigenvalue weighted by Crippen LogP contribution is -2.47. The molecule has 1 fully saturated rings. The van der Waals surface area contributed by atoms with E-state index in [1.54, 1.807) is 79.7 Å². The molecule has 1 amide bonds. The number of hydrogen-bond donors (Lipinski definition) is 1. The number of carboxylic acids is 1. The highest BCUT2D eigenvalue weighted by molar-refractivity contribution is 5.89. The van der Waals surface area contributed by atoms with Gasteiger partial charge in [-0.05, 0) is 73.1 Å². The summed E-state index contributed by atoms with van der Waals surface area (Å²) in [6.45, 7) is 13.7. The van der Waals surface area contributed by atoms with Crippen molar-refractivity contribution in [3.8, 4) is 0 Å². The van der Waals surface area contributed by atoms with Crippen LogP contribution in [0.25, 0.3) is 0 Å². The molecule has 2 rings (SSSR count). The van der Waals surface area contributed by atoms with Crippen LogP contribution in [0, 0.1) is 0 Å². The third-order valence-electron chi connectivity index (χ3n) is 4.28. The van der Waals surface area contributed by atoms with Gasteiger partial charge in [-0.25, -0.2) is 14.4 Å². The van der Waals surface area contributed by atoms with Gasteiger partial charge in [0.1, 0.15) is 23.0 Å². The van der Waals surface area contributed by atoms with Gasteiger partial charge in [0.25, 0.3) is 0 Å². The molecule has 2 atom stereocenters. The Kier molecular flexibility index (Phi) is 6.24. The van der Waals surface area contributed by atoms with E-state index < -0.39 is 47.1 Å². The highest BCUT2D eigenvalue weighted by atomic mass is 16.6. The number of hydrogen-bond acceptors (Lipinski definition) is 6. The summed E-state index contributed by atoms with van der Waals surface area (Å²) in [5, 5.41) is 9.70. The second-order valence-electron chi connectivity index (χ2n) is 9.74. The molecule has 1 heterocycles. The Morgan fingerprint density at radius 3 is 1.90 bits per heavy atom. The fourth-order valence-corrected chi connectivity index (χ4v) is 3.21. The Bertz CT molecular complexity index is 815. The molecule has 30 heavy (non-hydrogen) atoms. The minimum Gasteiger partial charge on any atom is -0.479 e. The fraction of sp³-hybridized carbons (Fsp3) is 0.591. The normalized spacial score (nSPS) is 21.3. The average Bonchev–Trinajstić information content (AvgIpc) is 2.83. The fourth-order valence-electron chi connectivity index (χ4n) is 3.21. The number of rotatable bonds is 3. The summed E-state index contributed by atoms with van der Waals surface area (Å²) in [6, 6.07) is 5.35. The molecule has 1 aromatic carbocycles. The highest BCUT2D eigenvalue weighted by Crippen LogP contribution is 2.42. The molecule has 0 unspecified atom stereocenters. The maximum absolute atomic E-state index is 12.9. The second kappa shape index (κ2) is 7.91. The van der Waals surface area contributed by atoms with Gasteiger partial charge in [0.2, 0.25) is 0 Å². The summed E-state index contributed by atoms with van der Waals surface area (Å²) in [6.07, 6.45) is -1.97. The van der Waals surface area contributed by atoms with Crippen molar-refractivity contribution in [1.82, 2.24) is 4.90 Å². The number of aliphatic carboxylic acids is 1. The van der Waals surface area contributed by atoms with Crippen molar-refractivity contribution in [3.05, 3.63) is 35.4 Å². The molecule has 8 nitrogen and oxygen atoms in total. The lowest BCUT2D eigenvalue weighted by atomic mass is 9.99. The van der Waals surface area contributed by atoms with Gasteiger partial charge in [0, 0.05) is 0 Å². The zero-order valence-corrected chi connectivity index (χ0v) is 18.8. The van der Waals surface area contributed by atoms with E-state index in [4.69, 9.17) is 14.2 Å². The number of carbonyl (C=O) groups excluding carboxylic acids is 2. The largest absolute Gasteiger partial charge is 0.479 e. The number of carboxylic acid groups (broad SMARTS) is 1. The third kappa shape index (κ3) is 5.50. The van der Waals surface area contributed by atoms with Crippen LogP contribution in [-0.4, -0.2) is 51.1 Å². The predicted octanol–water partition coefficient (Wildman–Crippen LogP) is 4.14. The van der Waals surface area contributed by atoms with E-state index in [-0.39, 0.29) is 0 Å². The van der Waals surface area contributed by atoms with Gasteiger partial charge >= 0.3 is 18.0 Å². The molecule has 166 valence electrons. The lowest BCUT2D eigenvalue weighted by Gasteiger charge is -2.35. The summed E-state index contributed by atoms with van der Waals surface area (Å²) < 4.78 is 16.6. The van der Waals surface area contributed by atoms with Crippen molar-refractivity contribution in [2.45, 2.75) is 84.5 Å². The van der Waals surface area contributed by atoms with E-state index >= 15 is 0 Å². The van der Waals surface area contributed by atoms with Crippen molar-refractivity contribution in [2.24, 2.45) is 0 Å². The smallest absolute Gasteiger partial charge is 0.413 e. The van der Waals surface area contributed by atoms with E-state index in [0.717, 1.165) is 0 Å². The first-order valence-electron chi connectivity index (χ1n) is 9.78. The standard InChI is InChI=1S/C22H31NO7/c1-20(2,3)29-18(26)14-11-9-13(10-12-14)15-16(17(24)25)28-22(7,8)23(15)19(27)30-21(4,5)6/h9-12,15-16H,1-8H3,(H,24,25)/t15-,16+/m0/s1. The molecule has 1 saturated heterocycles. The molecular weight excluding hydrogens is 390 g/mol. The van der Waals surface area contributed by atoms with Crippen LogP contribution in [0.4, 0.5) is 4.79 Å². The molecule has 1 N–H and O–H groups in total. The second-order valence-corrected chi connectivity index (χ2v) is 9.74. The van der Waals surface area contributed by atoms with Crippen molar-refractivity contribution in [1.29, 1.82) is 0 Å². The quantitative estimate of drug-likeness (QED) is 0.732. The first-order valence-corrected chi connectivity index (χ1v) is 9.78. The van der Waals surface area contributed by atoms with Gasteiger partial charge < -0.3 is 19.3 Å². The van der Waals surface area contributed by atoms with Crippen molar-refractivity contribution in [2.75, 3.05) is 0 Å². The summed E-state index contributed by atoms with van der Waals surface area (Å²) in [4.78, 5) is 38.4. The number of nitrogens with zero attached hydrogens (tertiary/aromatic N) is 1. The van der Waals surface area contributed by atoms with Gasteiger partial charge in [-0.3, -0.25) is 4.90 Å². The molecule has 0 saturated carbocycles. The van der Waals surface area contributed by atoms with Crippen LogP contribution < -0.4 is 0 Å². The molecule has 0 bridgehead atoms.